The number of anilines is 1. The molecule has 0 bridgehead atoms. The zero-order valence-corrected chi connectivity index (χ0v) is 16.1. The van der Waals surface area contributed by atoms with Crippen molar-refractivity contribution in [3.05, 3.63) is 58.1 Å². The van der Waals surface area contributed by atoms with E-state index in [0.29, 0.717) is 21.5 Å². The number of carbonyl (C=O) groups is 3. The van der Waals surface area contributed by atoms with Gasteiger partial charge in [-0.1, -0.05) is 18.2 Å². The van der Waals surface area contributed by atoms with Crippen LogP contribution < -0.4 is 19.7 Å². The fourth-order valence-corrected chi connectivity index (χ4v) is 3.19. The summed E-state index contributed by atoms with van der Waals surface area (Å²) in [4.78, 5) is 38.3. The van der Waals surface area contributed by atoms with Gasteiger partial charge in [0.25, 0.3) is 11.8 Å². The first-order valence-corrected chi connectivity index (χ1v) is 8.63. The standard InChI is InChI=1S/C19H15BrN2O5/c1-26-15-8-7-11(10-13(15)20)9-12-17(23)21-19(25)22(18(12)24)14-5-3-4-6-16(14)27-2/h3-10H,1-2H3,(H,21,23,25). The molecule has 1 aliphatic rings. The third kappa shape index (κ3) is 3.56. The van der Waals surface area contributed by atoms with Gasteiger partial charge in [-0.15, -0.1) is 0 Å². The van der Waals surface area contributed by atoms with E-state index in [-0.39, 0.29) is 11.3 Å². The largest absolute Gasteiger partial charge is 0.496 e. The number of urea groups is 1. The van der Waals surface area contributed by atoms with Crippen molar-refractivity contribution in [2.45, 2.75) is 0 Å². The lowest BCUT2D eigenvalue weighted by atomic mass is 10.1. The second-order valence-corrected chi connectivity index (χ2v) is 6.38. The molecule has 0 unspecified atom stereocenters. The van der Waals surface area contributed by atoms with E-state index < -0.39 is 17.8 Å². The predicted octanol–water partition coefficient (Wildman–Crippen LogP) is 3.13. The van der Waals surface area contributed by atoms with Crippen LogP contribution >= 0.6 is 15.9 Å². The molecule has 7 nitrogen and oxygen atoms in total. The van der Waals surface area contributed by atoms with Gasteiger partial charge in [-0.25, -0.2) is 9.69 Å². The molecule has 0 saturated carbocycles. The molecule has 1 N–H and O–H groups in total. The quantitative estimate of drug-likeness (QED) is 0.594. The molecule has 1 heterocycles. The van der Waals surface area contributed by atoms with E-state index in [1.165, 1.54) is 20.3 Å². The Morgan fingerprint density at radius 2 is 1.70 bits per heavy atom. The molecule has 0 radical (unpaired) electrons. The Hall–Kier alpha value is -3.13. The monoisotopic (exact) mass is 430 g/mol. The van der Waals surface area contributed by atoms with Crippen LogP contribution in [0.5, 0.6) is 11.5 Å². The Labute approximate surface area is 163 Å². The highest BCUT2D eigenvalue weighted by atomic mass is 79.9. The fourth-order valence-electron chi connectivity index (χ4n) is 2.63. The molecule has 2 aromatic rings. The maximum Gasteiger partial charge on any atom is 0.336 e. The molecule has 0 atom stereocenters. The van der Waals surface area contributed by atoms with Gasteiger partial charge < -0.3 is 9.47 Å². The number of imide groups is 2. The highest BCUT2D eigenvalue weighted by Crippen LogP contribution is 2.31. The van der Waals surface area contributed by atoms with Crippen molar-refractivity contribution in [1.82, 2.24) is 5.32 Å². The van der Waals surface area contributed by atoms with Gasteiger partial charge >= 0.3 is 6.03 Å². The van der Waals surface area contributed by atoms with Crippen LogP contribution in [0.4, 0.5) is 10.5 Å². The SMILES string of the molecule is COc1ccc(C=C2C(=O)NC(=O)N(c3ccccc3OC)C2=O)cc1Br. The Morgan fingerprint density at radius 3 is 2.37 bits per heavy atom. The van der Waals surface area contributed by atoms with Gasteiger partial charge in [0.15, 0.2) is 0 Å². The van der Waals surface area contributed by atoms with Crippen molar-refractivity contribution in [1.29, 1.82) is 0 Å². The highest BCUT2D eigenvalue weighted by molar-refractivity contribution is 9.10. The summed E-state index contributed by atoms with van der Waals surface area (Å²) < 4.78 is 11.1. The van der Waals surface area contributed by atoms with E-state index in [1.54, 1.807) is 42.5 Å². The number of hydrogen-bond donors (Lipinski definition) is 1. The summed E-state index contributed by atoms with van der Waals surface area (Å²) in [7, 11) is 2.97. The van der Waals surface area contributed by atoms with E-state index in [0.717, 1.165) is 4.90 Å². The molecule has 8 heteroatoms. The minimum atomic E-state index is -0.831. The molecule has 1 saturated heterocycles. The number of para-hydroxylation sites is 2. The smallest absolute Gasteiger partial charge is 0.336 e. The number of barbiturate groups is 1. The number of amides is 4. The second-order valence-electron chi connectivity index (χ2n) is 5.52. The van der Waals surface area contributed by atoms with E-state index in [9.17, 15) is 14.4 Å². The summed E-state index contributed by atoms with van der Waals surface area (Å²) >= 11 is 3.36. The highest BCUT2D eigenvalue weighted by Gasteiger charge is 2.38. The molecule has 1 aliphatic heterocycles. The maximum absolute atomic E-state index is 12.9. The molecular formula is C19H15BrN2O5. The van der Waals surface area contributed by atoms with Crippen LogP contribution in [-0.2, 0) is 9.59 Å². The maximum atomic E-state index is 12.9. The Bertz CT molecular complexity index is 970. The first-order chi connectivity index (χ1) is 13.0. The molecule has 4 amide bonds. The summed E-state index contributed by atoms with van der Waals surface area (Å²) in [5.41, 5.74) is 0.671. The molecule has 27 heavy (non-hydrogen) atoms. The normalized spacial score (nSPS) is 15.7. The average Bonchev–Trinajstić information content (AvgIpc) is 2.65. The number of carbonyl (C=O) groups excluding carboxylic acids is 3. The Kier molecular flexibility index (Phi) is 5.27. The van der Waals surface area contributed by atoms with Crippen LogP contribution in [0.2, 0.25) is 0 Å². The van der Waals surface area contributed by atoms with Gasteiger partial charge in [0, 0.05) is 0 Å². The summed E-state index contributed by atoms with van der Waals surface area (Å²) in [5, 5.41) is 2.18. The van der Waals surface area contributed by atoms with Crippen LogP contribution in [0, 0.1) is 0 Å². The van der Waals surface area contributed by atoms with Crippen molar-refractivity contribution in [2.75, 3.05) is 19.1 Å². The van der Waals surface area contributed by atoms with Crippen molar-refractivity contribution < 1.29 is 23.9 Å². The van der Waals surface area contributed by atoms with Crippen LogP contribution in [0.3, 0.4) is 0 Å². The van der Waals surface area contributed by atoms with Crippen molar-refractivity contribution in [3.63, 3.8) is 0 Å². The molecule has 0 aliphatic carbocycles. The summed E-state index contributed by atoms with van der Waals surface area (Å²) in [6, 6.07) is 10.8. The molecule has 2 aromatic carbocycles. The van der Waals surface area contributed by atoms with E-state index in [1.807, 2.05) is 0 Å². The molecular weight excluding hydrogens is 416 g/mol. The van der Waals surface area contributed by atoms with Gasteiger partial charge in [0.1, 0.15) is 17.1 Å². The third-order valence-corrected chi connectivity index (χ3v) is 4.53. The van der Waals surface area contributed by atoms with Gasteiger partial charge in [0.2, 0.25) is 0 Å². The second kappa shape index (κ2) is 7.63. The van der Waals surface area contributed by atoms with Gasteiger partial charge in [-0.3, -0.25) is 14.9 Å². The number of methoxy groups -OCH3 is 2. The minimum absolute atomic E-state index is 0.169. The molecule has 3 rings (SSSR count). The number of rotatable bonds is 4. The van der Waals surface area contributed by atoms with Crippen molar-refractivity contribution in [2.24, 2.45) is 0 Å². The minimum Gasteiger partial charge on any atom is -0.496 e. The fraction of sp³-hybridized carbons (Fsp3) is 0.105. The summed E-state index contributed by atoms with van der Waals surface area (Å²) in [5.74, 6) is -0.549. The molecule has 138 valence electrons. The zero-order valence-electron chi connectivity index (χ0n) is 14.5. The number of nitrogens with zero attached hydrogens (tertiary/aromatic N) is 1. The Balaban J connectivity index is 2.03. The first kappa shape index (κ1) is 18.7. The van der Waals surface area contributed by atoms with Gasteiger partial charge in [-0.05, 0) is 51.8 Å². The van der Waals surface area contributed by atoms with Crippen LogP contribution in [-0.4, -0.2) is 32.1 Å². The molecule has 0 aromatic heterocycles. The van der Waals surface area contributed by atoms with Gasteiger partial charge in [0.05, 0.1) is 24.4 Å². The lowest BCUT2D eigenvalue weighted by molar-refractivity contribution is -0.122. The number of ether oxygens (including phenoxy) is 2. The number of halogens is 1. The summed E-state index contributed by atoms with van der Waals surface area (Å²) in [6.07, 6.45) is 1.41. The third-order valence-electron chi connectivity index (χ3n) is 3.91. The molecule has 0 spiro atoms. The van der Waals surface area contributed by atoms with Crippen LogP contribution in [0.1, 0.15) is 5.56 Å². The van der Waals surface area contributed by atoms with Crippen LogP contribution in [0.25, 0.3) is 6.08 Å². The summed E-state index contributed by atoms with van der Waals surface area (Å²) in [6.45, 7) is 0. The van der Waals surface area contributed by atoms with E-state index in [2.05, 4.69) is 21.2 Å². The zero-order chi connectivity index (χ0) is 19.6. The average molecular weight is 431 g/mol. The lowest BCUT2D eigenvalue weighted by Gasteiger charge is -2.27. The predicted molar refractivity (Wildman–Crippen MR) is 103 cm³/mol. The number of hydrogen-bond acceptors (Lipinski definition) is 5. The Morgan fingerprint density at radius 1 is 1.00 bits per heavy atom. The van der Waals surface area contributed by atoms with Crippen LogP contribution in [0.15, 0.2) is 52.5 Å². The lowest BCUT2D eigenvalue weighted by Crippen LogP contribution is -2.54. The van der Waals surface area contributed by atoms with Crippen molar-refractivity contribution >= 4 is 45.5 Å². The van der Waals surface area contributed by atoms with Crippen molar-refractivity contribution in [3.8, 4) is 11.5 Å². The van der Waals surface area contributed by atoms with E-state index in [4.69, 9.17) is 9.47 Å². The molecule has 1 fully saturated rings. The first-order valence-electron chi connectivity index (χ1n) is 7.84. The topological polar surface area (TPSA) is 84.9 Å². The van der Waals surface area contributed by atoms with E-state index >= 15 is 0 Å². The number of benzene rings is 2. The van der Waals surface area contributed by atoms with Gasteiger partial charge in [-0.2, -0.15) is 0 Å². The number of nitrogens with one attached hydrogen (secondary N) is 1.